The molecule has 5 rings (SSSR count). The van der Waals surface area contributed by atoms with Crippen LogP contribution in [0.15, 0.2) is 72.3 Å². The van der Waals surface area contributed by atoms with Crippen molar-refractivity contribution in [3.8, 4) is 5.75 Å². The van der Waals surface area contributed by atoms with Crippen LogP contribution >= 0.6 is 0 Å². The second-order valence-electron chi connectivity index (χ2n) is 8.56. The second-order valence-corrected chi connectivity index (χ2v) is 8.56. The summed E-state index contributed by atoms with van der Waals surface area (Å²) in [5.41, 5.74) is 2.42. The fourth-order valence-corrected chi connectivity index (χ4v) is 4.42. The minimum absolute atomic E-state index is 0.0690. The van der Waals surface area contributed by atoms with E-state index in [1.807, 2.05) is 0 Å². The van der Waals surface area contributed by atoms with E-state index in [0.717, 1.165) is 9.80 Å². The number of methoxy groups -OCH3 is 1. The molecule has 37 heavy (non-hydrogen) atoms. The van der Waals surface area contributed by atoms with Gasteiger partial charge in [-0.25, -0.2) is 9.69 Å². The summed E-state index contributed by atoms with van der Waals surface area (Å²) in [6, 6.07) is 17.5. The fraction of sp³-hybridized carbons (Fsp3) is 0.107. The number of para-hydroxylation sites is 1. The lowest BCUT2D eigenvalue weighted by Gasteiger charge is -2.27. The lowest BCUT2D eigenvalue weighted by Crippen LogP contribution is -2.54. The number of carbonyl (C=O) groups excluding carboxylic acids is 5. The van der Waals surface area contributed by atoms with Crippen LogP contribution in [0.4, 0.5) is 10.5 Å². The van der Waals surface area contributed by atoms with Crippen molar-refractivity contribution in [1.82, 2.24) is 10.2 Å². The number of hydrogen-bond acceptors (Lipinski definition) is 6. The van der Waals surface area contributed by atoms with Crippen LogP contribution in [0.5, 0.6) is 5.75 Å². The Bertz CT molecular complexity index is 1510. The van der Waals surface area contributed by atoms with E-state index in [-0.39, 0.29) is 12.1 Å². The normalized spacial score (nSPS) is 16.4. The van der Waals surface area contributed by atoms with E-state index >= 15 is 0 Å². The summed E-state index contributed by atoms with van der Waals surface area (Å²) in [6.07, 6.45) is 1.36. The molecule has 2 aliphatic rings. The first-order valence-corrected chi connectivity index (χ1v) is 11.4. The molecule has 0 atom stereocenters. The van der Waals surface area contributed by atoms with E-state index < -0.39 is 29.7 Å². The Morgan fingerprint density at radius 1 is 0.838 bits per heavy atom. The van der Waals surface area contributed by atoms with Crippen molar-refractivity contribution in [3.05, 3.63) is 100 Å². The average molecular weight is 495 g/mol. The van der Waals surface area contributed by atoms with Crippen molar-refractivity contribution in [2.24, 2.45) is 0 Å². The third kappa shape index (κ3) is 4.06. The van der Waals surface area contributed by atoms with Crippen molar-refractivity contribution in [2.45, 2.75) is 13.5 Å². The van der Waals surface area contributed by atoms with Crippen molar-refractivity contribution in [2.75, 3.05) is 12.0 Å². The van der Waals surface area contributed by atoms with Gasteiger partial charge in [-0.15, -0.1) is 0 Å². The van der Waals surface area contributed by atoms with Crippen molar-refractivity contribution in [1.29, 1.82) is 0 Å². The van der Waals surface area contributed by atoms with Crippen molar-refractivity contribution < 1.29 is 28.7 Å². The highest BCUT2D eigenvalue weighted by Gasteiger charge is 2.38. The van der Waals surface area contributed by atoms with Crippen molar-refractivity contribution in [3.63, 3.8) is 0 Å². The molecule has 184 valence electrons. The largest absolute Gasteiger partial charge is 0.496 e. The summed E-state index contributed by atoms with van der Waals surface area (Å²) < 4.78 is 5.42. The Morgan fingerprint density at radius 2 is 1.49 bits per heavy atom. The Balaban J connectivity index is 1.49. The molecule has 0 aromatic heterocycles. The van der Waals surface area contributed by atoms with E-state index in [1.54, 1.807) is 73.7 Å². The number of barbiturate groups is 1. The third-order valence-electron chi connectivity index (χ3n) is 6.28. The smallest absolute Gasteiger partial charge is 0.335 e. The lowest BCUT2D eigenvalue weighted by molar-refractivity contribution is -0.122. The van der Waals surface area contributed by atoms with Gasteiger partial charge in [-0.05, 0) is 54.5 Å². The maximum Gasteiger partial charge on any atom is 0.335 e. The zero-order valence-corrected chi connectivity index (χ0v) is 20.0. The summed E-state index contributed by atoms with van der Waals surface area (Å²) in [5, 5.41) is 2.21. The van der Waals surface area contributed by atoms with Gasteiger partial charge in [0, 0.05) is 5.56 Å². The Morgan fingerprint density at radius 3 is 2.14 bits per heavy atom. The molecule has 2 heterocycles. The number of carbonyl (C=O) groups is 5. The van der Waals surface area contributed by atoms with E-state index in [2.05, 4.69) is 5.32 Å². The summed E-state index contributed by atoms with van der Waals surface area (Å²) in [7, 11) is 1.46. The van der Waals surface area contributed by atoms with Gasteiger partial charge in [-0.2, -0.15) is 0 Å². The molecule has 0 bridgehead atoms. The maximum atomic E-state index is 13.3. The van der Waals surface area contributed by atoms with Gasteiger partial charge in [0.2, 0.25) is 0 Å². The molecule has 3 aromatic carbocycles. The van der Waals surface area contributed by atoms with Crippen LogP contribution < -0.4 is 15.0 Å². The summed E-state index contributed by atoms with van der Waals surface area (Å²) >= 11 is 0. The molecule has 0 unspecified atom stereocenters. The monoisotopic (exact) mass is 495 g/mol. The number of nitrogens with one attached hydrogen (secondary N) is 1. The Hall–Kier alpha value is -5.05. The predicted octanol–water partition coefficient (Wildman–Crippen LogP) is 3.47. The van der Waals surface area contributed by atoms with Crippen LogP contribution in [0.3, 0.4) is 0 Å². The van der Waals surface area contributed by atoms with Gasteiger partial charge in [0.25, 0.3) is 23.6 Å². The molecule has 9 nitrogen and oxygen atoms in total. The van der Waals surface area contributed by atoms with Gasteiger partial charge in [-0.3, -0.25) is 29.4 Å². The number of ether oxygens (including phenoxy) is 1. The van der Waals surface area contributed by atoms with E-state index in [0.29, 0.717) is 39.3 Å². The van der Waals surface area contributed by atoms with Crippen LogP contribution in [0.2, 0.25) is 0 Å². The van der Waals surface area contributed by atoms with E-state index in [4.69, 9.17) is 4.74 Å². The molecular formula is C28H21N3O6. The number of rotatable bonds is 5. The van der Waals surface area contributed by atoms with Gasteiger partial charge in [0.15, 0.2) is 0 Å². The highest BCUT2D eigenvalue weighted by Crippen LogP contribution is 2.30. The van der Waals surface area contributed by atoms with Crippen LogP contribution in [0.1, 0.15) is 37.4 Å². The number of imide groups is 3. The first kappa shape index (κ1) is 23.7. The van der Waals surface area contributed by atoms with Gasteiger partial charge >= 0.3 is 6.03 Å². The molecule has 9 heteroatoms. The summed E-state index contributed by atoms with van der Waals surface area (Å²) in [4.78, 5) is 66.1. The second kappa shape index (κ2) is 9.19. The van der Waals surface area contributed by atoms with Gasteiger partial charge in [0.1, 0.15) is 11.3 Å². The minimum atomic E-state index is -0.831. The molecule has 6 amide bonds. The molecule has 1 saturated heterocycles. The van der Waals surface area contributed by atoms with Crippen LogP contribution in [-0.4, -0.2) is 41.7 Å². The predicted molar refractivity (Wildman–Crippen MR) is 134 cm³/mol. The number of fused-ring (bicyclic) bond motifs is 1. The highest BCUT2D eigenvalue weighted by molar-refractivity contribution is 6.39. The maximum absolute atomic E-state index is 13.3. The van der Waals surface area contributed by atoms with E-state index in [9.17, 15) is 24.0 Å². The van der Waals surface area contributed by atoms with E-state index in [1.165, 1.54) is 13.2 Å². The highest BCUT2D eigenvalue weighted by atomic mass is 16.5. The Labute approximate surface area is 211 Å². The number of nitrogens with zero attached hydrogens (tertiary/aromatic N) is 2. The van der Waals surface area contributed by atoms with Gasteiger partial charge in [-0.1, -0.05) is 36.4 Å². The molecular weight excluding hydrogens is 474 g/mol. The zero-order chi connectivity index (χ0) is 26.3. The molecule has 0 aliphatic carbocycles. The number of anilines is 1. The summed E-state index contributed by atoms with van der Waals surface area (Å²) in [6.45, 7) is 1.69. The average Bonchev–Trinajstić information content (AvgIpc) is 3.12. The lowest BCUT2D eigenvalue weighted by atomic mass is 10.0. The number of amides is 6. The minimum Gasteiger partial charge on any atom is -0.496 e. The van der Waals surface area contributed by atoms with Gasteiger partial charge in [0.05, 0.1) is 30.5 Å². The fourth-order valence-electron chi connectivity index (χ4n) is 4.42. The number of urea groups is 1. The number of benzene rings is 3. The van der Waals surface area contributed by atoms with Crippen LogP contribution in [-0.2, 0) is 16.1 Å². The SMILES string of the molecule is COc1ccc(C=C2C(=O)NC(=O)N(c3ccccc3C)C2=O)cc1CN1C(=O)c2ccccc2C1=O. The number of hydrogen-bond donors (Lipinski definition) is 1. The summed E-state index contributed by atoms with van der Waals surface area (Å²) in [5.74, 6) is -1.99. The quantitative estimate of drug-likeness (QED) is 0.330. The standard InChI is InChI=1S/C28H21N3O6/c1-16-7-3-6-10-22(16)31-27(35)21(24(32)29-28(31)36)14-17-11-12-23(37-2)18(13-17)15-30-25(33)19-8-4-5-9-20(19)26(30)34/h3-14H,15H2,1-2H3,(H,29,32,36). The Kier molecular flexibility index (Phi) is 5.88. The van der Waals surface area contributed by atoms with Crippen LogP contribution in [0.25, 0.3) is 6.08 Å². The molecule has 1 N–H and O–H groups in total. The third-order valence-corrected chi connectivity index (χ3v) is 6.28. The number of aryl methyl sites for hydroxylation is 1. The molecule has 3 aromatic rings. The molecule has 0 spiro atoms. The zero-order valence-electron chi connectivity index (χ0n) is 20.0. The van der Waals surface area contributed by atoms with Crippen LogP contribution in [0, 0.1) is 6.92 Å². The first-order chi connectivity index (χ1) is 17.8. The molecule has 1 fully saturated rings. The molecule has 2 aliphatic heterocycles. The van der Waals surface area contributed by atoms with Crippen molar-refractivity contribution >= 4 is 41.4 Å². The van der Waals surface area contributed by atoms with Gasteiger partial charge < -0.3 is 4.74 Å². The topological polar surface area (TPSA) is 113 Å². The molecule has 0 radical (unpaired) electrons. The first-order valence-electron chi connectivity index (χ1n) is 11.4. The molecule has 0 saturated carbocycles.